The fourth-order valence-corrected chi connectivity index (χ4v) is 1.90. The lowest BCUT2D eigenvalue weighted by Crippen LogP contribution is -2.48. The summed E-state index contributed by atoms with van der Waals surface area (Å²) in [6.07, 6.45) is 0. The number of nitrogens with zero attached hydrogens (tertiary/aromatic N) is 3. The summed E-state index contributed by atoms with van der Waals surface area (Å²) in [7, 11) is 0. The van der Waals surface area contributed by atoms with Gasteiger partial charge in [-0.2, -0.15) is 5.06 Å². The number of fused-ring (bicyclic) bond motifs is 2. The number of guanidine groups is 1. The van der Waals surface area contributed by atoms with Crippen LogP contribution in [0.4, 0.5) is 5.69 Å². The molecule has 0 fully saturated rings. The molecule has 0 atom stereocenters. The van der Waals surface area contributed by atoms with Crippen molar-refractivity contribution in [2.24, 2.45) is 4.99 Å². The molecule has 2 aliphatic rings. The molecule has 0 aromatic heterocycles. The van der Waals surface area contributed by atoms with Crippen molar-refractivity contribution < 1.29 is 10.0 Å². The number of hydrogen-bond acceptors (Lipinski definition) is 4. The molecule has 3 rings (SSSR count). The number of rotatable bonds is 0. The van der Waals surface area contributed by atoms with Gasteiger partial charge in [0.25, 0.3) is 5.91 Å². The van der Waals surface area contributed by atoms with Crippen molar-refractivity contribution in [1.29, 1.82) is 0 Å². The molecule has 1 N–H and O–H groups in total. The molecule has 2 aliphatic heterocycles. The van der Waals surface area contributed by atoms with Crippen LogP contribution in [0.5, 0.6) is 0 Å². The average molecular weight is 203 g/mol. The Morgan fingerprint density at radius 2 is 2.13 bits per heavy atom. The minimum absolute atomic E-state index is 0.0906. The van der Waals surface area contributed by atoms with E-state index in [2.05, 4.69) is 4.99 Å². The van der Waals surface area contributed by atoms with E-state index in [1.807, 2.05) is 0 Å². The van der Waals surface area contributed by atoms with Gasteiger partial charge >= 0.3 is 0 Å². The third-order valence-electron chi connectivity index (χ3n) is 2.62. The van der Waals surface area contributed by atoms with E-state index in [0.29, 0.717) is 30.3 Å². The van der Waals surface area contributed by atoms with Crippen molar-refractivity contribution in [1.82, 2.24) is 4.90 Å². The van der Waals surface area contributed by atoms with Gasteiger partial charge in [-0.05, 0) is 12.1 Å². The van der Waals surface area contributed by atoms with Gasteiger partial charge in [0.15, 0.2) is 0 Å². The highest BCUT2D eigenvalue weighted by Gasteiger charge is 2.36. The molecule has 0 saturated carbocycles. The standard InChI is InChI=1S/C10H9N3O2/c14-9-7-3-1-2-4-8(7)13(15)10-11-5-6-12(9)10/h1-4,15H,5-6H2. The van der Waals surface area contributed by atoms with Gasteiger partial charge in [0.05, 0.1) is 17.8 Å². The van der Waals surface area contributed by atoms with Crippen molar-refractivity contribution in [3.63, 3.8) is 0 Å². The molecule has 0 unspecified atom stereocenters. The van der Waals surface area contributed by atoms with Gasteiger partial charge in [-0.25, -0.2) is 4.99 Å². The van der Waals surface area contributed by atoms with E-state index in [1.54, 1.807) is 24.3 Å². The van der Waals surface area contributed by atoms with E-state index >= 15 is 0 Å². The Hall–Kier alpha value is -1.88. The summed E-state index contributed by atoms with van der Waals surface area (Å²) >= 11 is 0. The lowest BCUT2D eigenvalue weighted by molar-refractivity contribution is 0.0837. The van der Waals surface area contributed by atoms with Gasteiger partial charge in [-0.3, -0.25) is 14.9 Å². The maximum atomic E-state index is 12.0. The minimum atomic E-state index is -0.0906. The molecule has 0 radical (unpaired) electrons. The fraction of sp³-hybridized carbons (Fsp3) is 0.200. The highest BCUT2D eigenvalue weighted by molar-refractivity contribution is 6.18. The molecular formula is C10H9N3O2. The summed E-state index contributed by atoms with van der Waals surface area (Å²) in [4.78, 5) is 17.5. The number of hydrogen-bond donors (Lipinski definition) is 1. The summed E-state index contributed by atoms with van der Waals surface area (Å²) in [6.45, 7) is 1.09. The number of anilines is 1. The molecule has 1 aromatic carbocycles. The van der Waals surface area contributed by atoms with Gasteiger partial charge in [-0.15, -0.1) is 0 Å². The highest BCUT2D eigenvalue weighted by Crippen LogP contribution is 2.28. The number of amides is 1. The first kappa shape index (κ1) is 8.43. The lowest BCUT2D eigenvalue weighted by atomic mass is 10.1. The summed E-state index contributed by atoms with van der Waals surface area (Å²) in [5.41, 5.74) is 1.01. The molecule has 76 valence electrons. The van der Waals surface area contributed by atoms with E-state index in [0.717, 1.165) is 5.06 Å². The van der Waals surface area contributed by atoms with Gasteiger partial charge in [0.2, 0.25) is 5.96 Å². The van der Waals surface area contributed by atoms with Crippen LogP contribution in [0.25, 0.3) is 0 Å². The topological polar surface area (TPSA) is 56.1 Å². The van der Waals surface area contributed by atoms with Crippen molar-refractivity contribution in [3.05, 3.63) is 29.8 Å². The molecule has 0 bridgehead atoms. The molecule has 2 heterocycles. The first-order valence-electron chi connectivity index (χ1n) is 4.73. The van der Waals surface area contributed by atoms with Crippen molar-refractivity contribution in [3.8, 4) is 0 Å². The predicted octanol–water partition coefficient (Wildman–Crippen LogP) is 0.708. The maximum absolute atomic E-state index is 12.0. The molecule has 0 spiro atoms. The van der Waals surface area contributed by atoms with Crippen LogP contribution in [0.3, 0.4) is 0 Å². The molecule has 5 nitrogen and oxygen atoms in total. The average Bonchev–Trinajstić information content (AvgIpc) is 2.75. The normalized spacial score (nSPS) is 18.7. The summed E-state index contributed by atoms with van der Waals surface area (Å²) in [5, 5.41) is 10.8. The van der Waals surface area contributed by atoms with Crippen LogP contribution in [0.2, 0.25) is 0 Å². The van der Waals surface area contributed by atoms with Gasteiger partial charge in [0, 0.05) is 6.54 Å². The van der Waals surface area contributed by atoms with E-state index in [-0.39, 0.29) is 5.91 Å². The molecule has 15 heavy (non-hydrogen) atoms. The molecule has 0 saturated heterocycles. The zero-order valence-electron chi connectivity index (χ0n) is 7.92. The second-order valence-corrected chi connectivity index (χ2v) is 3.47. The Bertz CT molecular complexity index is 469. The number of aliphatic imine (C=N–C) groups is 1. The van der Waals surface area contributed by atoms with Crippen LogP contribution < -0.4 is 5.06 Å². The summed E-state index contributed by atoms with van der Waals surface area (Å²) in [5.74, 6) is 0.242. The Balaban J connectivity index is 2.21. The number of benzene rings is 1. The quantitative estimate of drug-likeness (QED) is 0.675. The zero-order chi connectivity index (χ0) is 10.4. The molecule has 5 heteroatoms. The largest absolute Gasteiger partial charge is 0.281 e. The maximum Gasteiger partial charge on any atom is 0.262 e. The first-order chi connectivity index (χ1) is 7.29. The van der Waals surface area contributed by atoms with Crippen LogP contribution in [0.15, 0.2) is 29.3 Å². The fourth-order valence-electron chi connectivity index (χ4n) is 1.90. The van der Waals surface area contributed by atoms with Crippen molar-refractivity contribution in [2.45, 2.75) is 0 Å². The summed E-state index contributed by atoms with van der Waals surface area (Å²) in [6, 6.07) is 6.96. The molecule has 1 aromatic rings. The SMILES string of the molecule is O=C1c2ccccc2N(O)C2=NCCN12. The van der Waals surface area contributed by atoms with Crippen LogP contribution >= 0.6 is 0 Å². The molecular weight excluding hydrogens is 194 g/mol. The number of carbonyl (C=O) groups excluding carboxylic acids is 1. The zero-order valence-corrected chi connectivity index (χ0v) is 7.92. The Morgan fingerprint density at radius 3 is 3.00 bits per heavy atom. The van der Waals surface area contributed by atoms with Crippen LogP contribution in [0.1, 0.15) is 10.4 Å². The Kier molecular flexibility index (Phi) is 1.58. The Labute approximate surface area is 86.2 Å². The first-order valence-corrected chi connectivity index (χ1v) is 4.73. The van der Waals surface area contributed by atoms with E-state index in [1.165, 1.54) is 4.90 Å². The Morgan fingerprint density at radius 1 is 1.33 bits per heavy atom. The van der Waals surface area contributed by atoms with E-state index in [4.69, 9.17) is 0 Å². The van der Waals surface area contributed by atoms with E-state index < -0.39 is 0 Å². The third-order valence-corrected chi connectivity index (χ3v) is 2.62. The van der Waals surface area contributed by atoms with Gasteiger partial charge in [0.1, 0.15) is 0 Å². The van der Waals surface area contributed by atoms with Crippen molar-refractivity contribution in [2.75, 3.05) is 18.2 Å². The number of carbonyl (C=O) groups is 1. The smallest absolute Gasteiger partial charge is 0.262 e. The van der Waals surface area contributed by atoms with Crippen LogP contribution in [0, 0.1) is 0 Å². The predicted molar refractivity (Wildman–Crippen MR) is 54.0 cm³/mol. The van der Waals surface area contributed by atoms with E-state index in [9.17, 15) is 10.0 Å². The number of hydroxylamine groups is 1. The third kappa shape index (κ3) is 1.01. The lowest BCUT2D eigenvalue weighted by Gasteiger charge is -2.31. The molecule has 1 amide bonds. The monoisotopic (exact) mass is 203 g/mol. The minimum Gasteiger partial charge on any atom is -0.281 e. The highest BCUT2D eigenvalue weighted by atomic mass is 16.5. The summed E-state index contributed by atoms with van der Waals surface area (Å²) < 4.78 is 0. The van der Waals surface area contributed by atoms with Gasteiger partial charge < -0.3 is 0 Å². The van der Waals surface area contributed by atoms with Crippen LogP contribution in [-0.2, 0) is 0 Å². The van der Waals surface area contributed by atoms with Gasteiger partial charge in [-0.1, -0.05) is 12.1 Å². The second kappa shape index (κ2) is 2.80. The second-order valence-electron chi connectivity index (χ2n) is 3.47. The molecule has 0 aliphatic carbocycles. The van der Waals surface area contributed by atoms with Crippen molar-refractivity contribution >= 4 is 17.6 Å². The van der Waals surface area contributed by atoms with Crippen LogP contribution in [-0.4, -0.2) is 35.1 Å². The number of para-hydroxylation sites is 1.